The highest BCUT2D eigenvalue weighted by atomic mass is 19.4. The number of pyridine rings is 1. The highest BCUT2D eigenvalue weighted by molar-refractivity contribution is 5.97. The summed E-state index contributed by atoms with van der Waals surface area (Å²) in [5, 5.41) is 10.5. The molecule has 1 N–H and O–H groups in total. The van der Waals surface area contributed by atoms with Gasteiger partial charge < -0.3 is 10.0 Å². The van der Waals surface area contributed by atoms with Crippen molar-refractivity contribution in [3.8, 4) is 0 Å². The molecule has 1 amide bonds. The van der Waals surface area contributed by atoms with Gasteiger partial charge in [-0.3, -0.25) is 9.78 Å². The third kappa shape index (κ3) is 5.47. The summed E-state index contributed by atoms with van der Waals surface area (Å²) in [5.74, 6) is -1.77. The van der Waals surface area contributed by atoms with Crippen molar-refractivity contribution in [2.75, 3.05) is 11.4 Å². The van der Waals surface area contributed by atoms with E-state index >= 15 is 0 Å². The molecule has 0 aliphatic rings. The van der Waals surface area contributed by atoms with Crippen molar-refractivity contribution < 1.29 is 31.9 Å². The van der Waals surface area contributed by atoms with Crippen LogP contribution in [0.1, 0.15) is 28.5 Å². The standard InChI is InChI=1S/C23H19F5N2O2/c1-14-12-19(8-9-20(14)25)30(22(32)21(31)15-2-5-17(24)6-3-15)11-10-18-7-4-16(13-29-18)23(26,27)28/h2-9,12-13,21,31H,10-11H2,1H3. The molecule has 0 saturated carbocycles. The lowest BCUT2D eigenvalue weighted by Crippen LogP contribution is -2.37. The number of rotatable bonds is 6. The van der Waals surface area contributed by atoms with Crippen LogP contribution in [0.4, 0.5) is 27.6 Å². The molecule has 0 spiro atoms. The monoisotopic (exact) mass is 450 g/mol. The number of alkyl halides is 3. The van der Waals surface area contributed by atoms with Crippen LogP contribution in [0.2, 0.25) is 0 Å². The van der Waals surface area contributed by atoms with Gasteiger partial charge in [0.1, 0.15) is 11.6 Å². The van der Waals surface area contributed by atoms with Gasteiger partial charge in [0, 0.05) is 30.5 Å². The Bertz CT molecular complexity index is 1080. The molecule has 0 bridgehead atoms. The lowest BCUT2D eigenvalue weighted by Gasteiger charge is -2.26. The van der Waals surface area contributed by atoms with E-state index in [2.05, 4.69) is 4.98 Å². The second-order valence-corrected chi connectivity index (χ2v) is 7.16. The highest BCUT2D eigenvalue weighted by Gasteiger charge is 2.31. The van der Waals surface area contributed by atoms with Crippen molar-refractivity contribution in [3.05, 3.63) is 94.8 Å². The van der Waals surface area contributed by atoms with Crippen molar-refractivity contribution in [1.82, 2.24) is 4.98 Å². The highest BCUT2D eigenvalue weighted by Crippen LogP contribution is 2.29. The number of amides is 1. The molecule has 1 atom stereocenters. The summed E-state index contributed by atoms with van der Waals surface area (Å²) in [6, 6.07) is 10.8. The number of benzene rings is 2. The van der Waals surface area contributed by atoms with Crippen LogP contribution in [0.25, 0.3) is 0 Å². The number of halogens is 5. The molecule has 0 fully saturated rings. The SMILES string of the molecule is Cc1cc(N(CCc2ccc(C(F)(F)F)cn2)C(=O)C(O)c2ccc(F)cc2)ccc1F. The Balaban J connectivity index is 1.86. The van der Waals surface area contributed by atoms with E-state index in [1.54, 1.807) is 0 Å². The Morgan fingerprint density at radius 2 is 1.75 bits per heavy atom. The van der Waals surface area contributed by atoms with Gasteiger partial charge in [-0.05, 0) is 60.5 Å². The first-order chi connectivity index (χ1) is 15.1. The van der Waals surface area contributed by atoms with Crippen molar-refractivity contribution in [3.63, 3.8) is 0 Å². The van der Waals surface area contributed by atoms with E-state index in [9.17, 15) is 31.9 Å². The molecule has 9 heteroatoms. The third-order valence-electron chi connectivity index (χ3n) is 4.88. The number of carbonyl (C=O) groups excluding carboxylic acids is 1. The minimum Gasteiger partial charge on any atom is -0.378 e. The summed E-state index contributed by atoms with van der Waals surface area (Å²) < 4.78 is 65.1. The predicted octanol–water partition coefficient (Wildman–Crippen LogP) is 5.00. The molecule has 0 saturated heterocycles. The van der Waals surface area contributed by atoms with Gasteiger partial charge in [-0.2, -0.15) is 13.2 Å². The van der Waals surface area contributed by atoms with Gasteiger partial charge in [0.2, 0.25) is 0 Å². The van der Waals surface area contributed by atoms with E-state index in [0.29, 0.717) is 17.6 Å². The Hall–Kier alpha value is -3.33. The number of aliphatic hydroxyl groups excluding tert-OH is 1. The molecule has 0 aliphatic heterocycles. The minimum absolute atomic E-state index is 0.0411. The zero-order valence-electron chi connectivity index (χ0n) is 16.9. The number of carbonyl (C=O) groups is 1. The van der Waals surface area contributed by atoms with E-state index in [1.807, 2.05) is 0 Å². The van der Waals surface area contributed by atoms with Crippen LogP contribution in [0.15, 0.2) is 60.8 Å². The van der Waals surface area contributed by atoms with Gasteiger partial charge in [-0.1, -0.05) is 12.1 Å². The maximum atomic E-state index is 13.7. The molecule has 4 nitrogen and oxygen atoms in total. The van der Waals surface area contributed by atoms with Crippen molar-refractivity contribution >= 4 is 11.6 Å². The molecule has 3 rings (SSSR count). The largest absolute Gasteiger partial charge is 0.417 e. The summed E-state index contributed by atoms with van der Waals surface area (Å²) in [6.45, 7) is 1.47. The maximum Gasteiger partial charge on any atom is 0.417 e. The molecular formula is C23H19F5N2O2. The van der Waals surface area contributed by atoms with Crippen molar-refractivity contribution in [2.45, 2.75) is 25.6 Å². The molecule has 3 aromatic rings. The average molecular weight is 450 g/mol. The van der Waals surface area contributed by atoms with E-state index in [-0.39, 0.29) is 24.1 Å². The van der Waals surface area contributed by atoms with Crippen LogP contribution in [-0.2, 0) is 17.4 Å². The summed E-state index contributed by atoms with van der Waals surface area (Å²) >= 11 is 0. The van der Waals surface area contributed by atoms with Crippen molar-refractivity contribution in [2.24, 2.45) is 0 Å². The summed E-state index contributed by atoms with van der Waals surface area (Å²) in [4.78, 5) is 18.0. The van der Waals surface area contributed by atoms with Crippen LogP contribution < -0.4 is 4.90 Å². The van der Waals surface area contributed by atoms with E-state index < -0.39 is 35.4 Å². The fraction of sp³-hybridized carbons (Fsp3) is 0.217. The lowest BCUT2D eigenvalue weighted by atomic mass is 10.1. The number of aryl methyl sites for hydroxylation is 1. The molecule has 1 aromatic heterocycles. The molecule has 0 aliphatic carbocycles. The molecule has 1 unspecified atom stereocenters. The number of hydrogen-bond donors (Lipinski definition) is 1. The fourth-order valence-corrected chi connectivity index (χ4v) is 3.06. The van der Waals surface area contributed by atoms with Gasteiger partial charge in [-0.15, -0.1) is 0 Å². The van der Waals surface area contributed by atoms with E-state index in [4.69, 9.17) is 0 Å². The van der Waals surface area contributed by atoms with E-state index in [0.717, 1.165) is 18.2 Å². The molecule has 32 heavy (non-hydrogen) atoms. The number of nitrogens with zero attached hydrogens (tertiary/aromatic N) is 2. The van der Waals surface area contributed by atoms with Gasteiger partial charge in [0.15, 0.2) is 6.10 Å². The lowest BCUT2D eigenvalue weighted by molar-refractivity contribution is -0.137. The average Bonchev–Trinajstić information content (AvgIpc) is 2.76. The molecule has 168 valence electrons. The normalized spacial score (nSPS) is 12.5. The zero-order chi connectivity index (χ0) is 23.5. The van der Waals surface area contributed by atoms with Crippen LogP contribution in [0.5, 0.6) is 0 Å². The van der Waals surface area contributed by atoms with Gasteiger partial charge >= 0.3 is 6.18 Å². The maximum absolute atomic E-state index is 13.7. The first kappa shape index (κ1) is 23.3. The number of aliphatic hydroxyl groups is 1. The van der Waals surface area contributed by atoms with E-state index in [1.165, 1.54) is 48.2 Å². The van der Waals surface area contributed by atoms with Gasteiger partial charge in [-0.25, -0.2) is 8.78 Å². The van der Waals surface area contributed by atoms with Gasteiger partial charge in [0.05, 0.1) is 5.56 Å². The predicted molar refractivity (Wildman–Crippen MR) is 108 cm³/mol. The first-order valence-corrected chi connectivity index (χ1v) is 9.59. The molecule has 2 aromatic carbocycles. The number of aromatic nitrogens is 1. The Morgan fingerprint density at radius 1 is 1.06 bits per heavy atom. The Labute approximate surface area is 180 Å². The number of anilines is 1. The quantitative estimate of drug-likeness (QED) is 0.538. The summed E-state index contributed by atoms with van der Waals surface area (Å²) in [7, 11) is 0. The van der Waals surface area contributed by atoms with Crippen LogP contribution in [-0.4, -0.2) is 22.5 Å². The topological polar surface area (TPSA) is 53.4 Å². The Kier molecular flexibility index (Phi) is 6.88. The fourth-order valence-electron chi connectivity index (χ4n) is 3.06. The van der Waals surface area contributed by atoms with Crippen LogP contribution in [0, 0.1) is 18.6 Å². The number of hydrogen-bond acceptors (Lipinski definition) is 3. The van der Waals surface area contributed by atoms with Crippen LogP contribution in [0.3, 0.4) is 0 Å². The molecule has 1 heterocycles. The minimum atomic E-state index is -4.52. The van der Waals surface area contributed by atoms with Crippen LogP contribution >= 0.6 is 0 Å². The third-order valence-corrected chi connectivity index (χ3v) is 4.88. The smallest absolute Gasteiger partial charge is 0.378 e. The first-order valence-electron chi connectivity index (χ1n) is 9.59. The second kappa shape index (κ2) is 9.44. The Morgan fingerprint density at radius 3 is 2.31 bits per heavy atom. The summed E-state index contributed by atoms with van der Waals surface area (Å²) in [5.41, 5.74) is 0.125. The second-order valence-electron chi connectivity index (χ2n) is 7.16. The summed E-state index contributed by atoms with van der Waals surface area (Å²) in [6.07, 6.45) is -5.35. The zero-order valence-corrected chi connectivity index (χ0v) is 16.9. The van der Waals surface area contributed by atoms with Crippen molar-refractivity contribution in [1.29, 1.82) is 0 Å². The molecule has 0 radical (unpaired) electrons. The van der Waals surface area contributed by atoms with Gasteiger partial charge in [0.25, 0.3) is 5.91 Å². The molecular weight excluding hydrogens is 431 g/mol.